The third-order valence-corrected chi connectivity index (χ3v) is 3.69. The first-order chi connectivity index (χ1) is 11.7. The molecule has 1 atom stereocenters. The quantitative estimate of drug-likeness (QED) is 0.847. The van der Waals surface area contributed by atoms with Gasteiger partial charge in [-0.15, -0.1) is 0 Å². The summed E-state index contributed by atoms with van der Waals surface area (Å²) in [6, 6.07) is 5.99. The number of carbonyl (C=O) groups excluding carboxylic acids is 2. The standard InChI is InChI=1S/C16H14F3N3O3/c1-9-12(14(23)25-2)13(11-5-3-4-10(6-11)7-20)21-15(24)22(9)8-16(17,18)19/h3-6,13H,8H2,1-2H3,(H,21,24). The number of urea groups is 1. The second-order valence-electron chi connectivity index (χ2n) is 5.31. The number of benzene rings is 1. The molecule has 1 aromatic carbocycles. The van der Waals surface area contributed by atoms with Crippen molar-refractivity contribution in [3.8, 4) is 6.07 Å². The van der Waals surface area contributed by atoms with E-state index in [1.165, 1.54) is 19.1 Å². The van der Waals surface area contributed by atoms with Crippen molar-refractivity contribution in [2.24, 2.45) is 0 Å². The number of alkyl halides is 3. The van der Waals surface area contributed by atoms with E-state index in [0.717, 1.165) is 7.11 Å². The zero-order valence-corrected chi connectivity index (χ0v) is 13.3. The zero-order chi connectivity index (χ0) is 18.8. The van der Waals surface area contributed by atoms with Gasteiger partial charge in [-0.2, -0.15) is 18.4 Å². The molecule has 0 saturated carbocycles. The smallest absolute Gasteiger partial charge is 0.406 e. The number of hydrogen-bond acceptors (Lipinski definition) is 4. The van der Waals surface area contributed by atoms with Crippen LogP contribution in [0.3, 0.4) is 0 Å². The van der Waals surface area contributed by atoms with Crippen LogP contribution in [0.25, 0.3) is 0 Å². The second-order valence-corrected chi connectivity index (χ2v) is 5.31. The fraction of sp³-hybridized carbons (Fsp3) is 0.312. The van der Waals surface area contributed by atoms with Crippen LogP contribution in [-0.2, 0) is 9.53 Å². The zero-order valence-electron chi connectivity index (χ0n) is 13.3. The van der Waals surface area contributed by atoms with Gasteiger partial charge in [0.15, 0.2) is 0 Å². The highest BCUT2D eigenvalue weighted by Gasteiger charge is 2.41. The van der Waals surface area contributed by atoms with Gasteiger partial charge in [0.1, 0.15) is 6.54 Å². The van der Waals surface area contributed by atoms with E-state index in [-0.39, 0.29) is 16.8 Å². The first-order valence-corrected chi connectivity index (χ1v) is 7.12. The minimum Gasteiger partial charge on any atom is -0.466 e. The average molecular weight is 353 g/mol. The number of nitriles is 1. The third-order valence-electron chi connectivity index (χ3n) is 3.69. The van der Waals surface area contributed by atoms with Crippen LogP contribution in [0.1, 0.15) is 24.1 Å². The van der Waals surface area contributed by atoms with Gasteiger partial charge in [-0.05, 0) is 24.6 Å². The van der Waals surface area contributed by atoms with Crippen LogP contribution in [0.15, 0.2) is 35.5 Å². The lowest BCUT2D eigenvalue weighted by Gasteiger charge is -2.35. The molecule has 2 rings (SSSR count). The summed E-state index contributed by atoms with van der Waals surface area (Å²) in [6.07, 6.45) is -4.63. The summed E-state index contributed by atoms with van der Waals surface area (Å²) in [4.78, 5) is 24.7. The maximum Gasteiger partial charge on any atom is 0.406 e. The Morgan fingerprint density at radius 1 is 1.44 bits per heavy atom. The van der Waals surface area contributed by atoms with Gasteiger partial charge in [0.05, 0.1) is 30.4 Å². The summed E-state index contributed by atoms with van der Waals surface area (Å²) in [5.74, 6) is -0.864. The maximum atomic E-state index is 12.7. The van der Waals surface area contributed by atoms with E-state index in [2.05, 4.69) is 10.1 Å². The lowest BCUT2D eigenvalue weighted by Crippen LogP contribution is -2.50. The molecule has 6 nitrogen and oxygen atoms in total. The topological polar surface area (TPSA) is 82.4 Å². The number of ether oxygens (including phenoxy) is 1. The lowest BCUT2D eigenvalue weighted by molar-refractivity contribution is -0.140. The van der Waals surface area contributed by atoms with Crippen molar-refractivity contribution in [1.82, 2.24) is 10.2 Å². The van der Waals surface area contributed by atoms with E-state index < -0.39 is 30.8 Å². The van der Waals surface area contributed by atoms with Crippen molar-refractivity contribution >= 4 is 12.0 Å². The van der Waals surface area contributed by atoms with E-state index in [1.54, 1.807) is 12.1 Å². The summed E-state index contributed by atoms with van der Waals surface area (Å²) < 4.78 is 42.8. The van der Waals surface area contributed by atoms with E-state index in [4.69, 9.17) is 5.26 Å². The first-order valence-electron chi connectivity index (χ1n) is 7.12. The van der Waals surface area contributed by atoms with Gasteiger partial charge in [-0.1, -0.05) is 12.1 Å². The van der Waals surface area contributed by atoms with Crippen molar-refractivity contribution in [2.45, 2.75) is 19.1 Å². The average Bonchev–Trinajstić information content (AvgIpc) is 2.56. The number of amides is 2. The third kappa shape index (κ3) is 3.91. The number of hydrogen-bond donors (Lipinski definition) is 1. The van der Waals surface area contributed by atoms with Crippen molar-refractivity contribution in [2.75, 3.05) is 13.7 Å². The molecule has 1 aromatic rings. The maximum absolute atomic E-state index is 12.7. The van der Waals surface area contributed by atoms with Crippen molar-refractivity contribution in [3.05, 3.63) is 46.7 Å². The molecule has 1 heterocycles. The molecule has 1 unspecified atom stereocenters. The molecule has 0 bridgehead atoms. The van der Waals surface area contributed by atoms with Crippen LogP contribution in [-0.4, -0.2) is 36.7 Å². The molecule has 0 aromatic heterocycles. The highest BCUT2D eigenvalue weighted by Crippen LogP contribution is 2.33. The summed E-state index contributed by atoms with van der Waals surface area (Å²) in [5.41, 5.74) is 0.395. The van der Waals surface area contributed by atoms with Gasteiger partial charge >= 0.3 is 18.2 Å². The fourth-order valence-electron chi connectivity index (χ4n) is 2.56. The van der Waals surface area contributed by atoms with Gasteiger partial charge in [-0.25, -0.2) is 9.59 Å². The Hall–Kier alpha value is -3.02. The SMILES string of the molecule is COC(=O)C1=C(C)N(CC(F)(F)F)C(=O)NC1c1cccc(C#N)c1. The molecule has 0 spiro atoms. The Morgan fingerprint density at radius 3 is 2.68 bits per heavy atom. The van der Waals surface area contributed by atoms with Gasteiger partial charge < -0.3 is 10.1 Å². The molecule has 0 fully saturated rings. The Labute approximate surface area is 141 Å². The largest absolute Gasteiger partial charge is 0.466 e. The molecule has 25 heavy (non-hydrogen) atoms. The van der Waals surface area contributed by atoms with Gasteiger partial charge in [0.25, 0.3) is 0 Å². The molecule has 0 radical (unpaired) electrons. The molecule has 0 aliphatic carbocycles. The molecule has 9 heteroatoms. The molecular formula is C16H14F3N3O3. The van der Waals surface area contributed by atoms with Crippen molar-refractivity contribution in [3.63, 3.8) is 0 Å². The highest BCUT2D eigenvalue weighted by atomic mass is 19.4. The highest BCUT2D eigenvalue weighted by molar-refractivity contribution is 5.95. The molecule has 1 aliphatic rings. The second kappa shape index (κ2) is 6.84. The fourth-order valence-corrected chi connectivity index (χ4v) is 2.56. The predicted molar refractivity (Wildman–Crippen MR) is 79.9 cm³/mol. The summed E-state index contributed by atoms with van der Waals surface area (Å²) in [6.45, 7) is -0.284. The summed E-state index contributed by atoms with van der Waals surface area (Å²) in [7, 11) is 1.09. The Kier molecular flexibility index (Phi) is 5.02. The van der Waals surface area contributed by atoms with Crippen LogP contribution >= 0.6 is 0 Å². The first kappa shape index (κ1) is 18.3. The van der Waals surface area contributed by atoms with Crippen LogP contribution in [0.5, 0.6) is 0 Å². The summed E-state index contributed by atoms with van der Waals surface area (Å²) in [5, 5.41) is 11.4. The monoisotopic (exact) mass is 353 g/mol. The van der Waals surface area contributed by atoms with Gasteiger partial charge in [0, 0.05) is 5.70 Å². The molecule has 1 aliphatic heterocycles. The van der Waals surface area contributed by atoms with E-state index >= 15 is 0 Å². The minimum atomic E-state index is -4.63. The predicted octanol–water partition coefficient (Wildman–Crippen LogP) is 2.63. The minimum absolute atomic E-state index is 0.124. The van der Waals surface area contributed by atoms with Crippen LogP contribution in [0.2, 0.25) is 0 Å². The van der Waals surface area contributed by atoms with Gasteiger partial charge in [0.2, 0.25) is 0 Å². The van der Waals surface area contributed by atoms with E-state index in [1.807, 2.05) is 6.07 Å². The molecule has 2 amide bonds. The van der Waals surface area contributed by atoms with Gasteiger partial charge in [-0.3, -0.25) is 4.90 Å². The molecular weight excluding hydrogens is 339 g/mol. The lowest BCUT2D eigenvalue weighted by atomic mass is 9.94. The van der Waals surface area contributed by atoms with Crippen molar-refractivity contribution < 1.29 is 27.5 Å². The number of esters is 1. The van der Waals surface area contributed by atoms with Crippen LogP contribution in [0, 0.1) is 11.3 Å². The molecule has 1 N–H and O–H groups in total. The number of carbonyl (C=O) groups is 2. The Balaban J connectivity index is 2.55. The number of rotatable bonds is 3. The van der Waals surface area contributed by atoms with Crippen LogP contribution < -0.4 is 5.32 Å². The molecule has 0 saturated heterocycles. The number of nitrogens with one attached hydrogen (secondary N) is 1. The van der Waals surface area contributed by atoms with E-state index in [0.29, 0.717) is 10.5 Å². The van der Waals surface area contributed by atoms with Crippen LogP contribution in [0.4, 0.5) is 18.0 Å². The Morgan fingerprint density at radius 2 is 2.12 bits per heavy atom. The van der Waals surface area contributed by atoms with E-state index in [9.17, 15) is 22.8 Å². The number of nitrogens with zero attached hydrogens (tertiary/aromatic N) is 2. The normalized spacial score (nSPS) is 17.8. The number of methoxy groups -OCH3 is 1. The Bertz CT molecular complexity index is 781. The number of allylic oxidation sites excluding steroid dienone is 1. The summed E-state index contributed by atoms with van der Waals surface area (Å²) >= 11 is 0. The molecule has 132 valence electrons. The van der Waals surface area contributed by atoms with Crippen molar-refractivity contribution in [1.29, 1.82) is 5.26 Å². The number of halogens is 3.